The van der Waals surface area contributed by atoms with Crippen LogP contribution in [-0.4, -0.2) is 63.7 Å². The molecule has 0 spiro atoms. The third kappa shape index (κ3) is 8.61. The molecule has 1 fully saturated rings. The Morgan fingerprint density at radius 2 is 1.86 bits per heavy atom. The number of aliphatic hydroxyl groups excluding tert-OH is 1. The lowest BCUT2D eigenvalue weighted by Gasteiger charge is -2.47. The van der Waals surface area contributed by atoms with Gasteiger partial charge in [-0.3, -0.25) is 18.2 Å². The van der Waals surface area contributed by atoms with Gasteiger partial charge in [-0.2, -0.15) is 0 Å². The van der Waals surface area contributed by atoms with Crippen LogP contribution in [0.15, 0.2) is 48.5 Å². The zero-order valence-corrected chi connectivity index (χ0v) is 23.1. The second-order valence-corrected chi connectivity index (χ2v) is 12.0. The number of rotatable bonds is 13. The number of hydrogen-bond donors (Lipinski definition) is 6. The van der Waals surface area contributed by atoms with Crippen molar-refractivity contribution in [1.29, 1.82) is 0 Å². The predicted molar refractivity (Wildman–Crippen MR) is 155 cm³/mol. The molecule has 1 aliphatic rings. The third-order valence-corrected chi connectivity index (χ3v) is 8.64. The van der Waals surface area contributed by atoms with Gasteiger partial charge in [0.1, 0.15) is 0 Å². The van der Waals surface area contributed by atoms with Crippen LogP contribution >= 0.6 is 10.8 Å². The quantitative estimate of drug-likeness (QED) is 0.218. The van der Waals surface area contributed by atoms with Gasteiger partial charge in [0.2, 0.25) is 0 Å². The summed E-state index contributed by atoms with van der Waals surface area (Å²) in [6.07, 6.45) is 3.40. The highest BCUT2D eigenvalue weighted by atomic mass is 32.3. The molecule has 6 N–H and O–H groups in total. The molecule has 0 radical (unpaired) electrons. The van der Waals surface area contributed by atoms with Crippen LogP contribution in [0.5, 0.6) is 0 Å². The van der Waals surface area contributed by atoms with Gasteiger partial charge in [-0.1, -0.05) is 43.7 Å². The largest absolute Gasteiger partial charge is 0.390 e. The van der Waals surface area contributed by atoms with Crippen LogP contribution in [-0.2, 0) is 6.42 Å². The summed E-state index contributed by atoms with van der Waals surface area (Å²) in [5.74, 6) is 0.0189. The molecule has 206 valence electrons. The van der Waals surface area contributed by atoms with Gasteiger partial charge in [0, 0.05) is 36.9 Å². The number of carbonyl (C=O) groups excluding carboxylic acids is 1. The first-order chi connectivity index (χ1) is 17.7. The van der Waals surface area contributed by atoms with Crippen molar-refractivity contribution < 1.29 is 19.0 Å². The molecule has 1 unspecified atom stereocenters. The van der Waals surface area contributed by atoms with Gasteiger partial charge in [-0.25, -0.2) is 0 Å². The molecular weight excluding hydrogens is 488 g/mol. The number of aliphatic hydroxyl groups is 1. The highest BCUT2D eigenvalue weighted by Crippen LogP contribution is 2.50. The molecule has 2 aromatic rings. The van der Waals surface area contributed by atoms with Crippen molar-refractivity contribution in [3.63, 3.8) is 0 Å². The van der Waals surface area contributed by atoms with Crippen molar-refractivity contribution in [3.8, 4) is 0 Å². The molecule has 9 heteroatoms. The van der Waals surface area contributed by atoms with Gasteiger partial charge >= 0.3 is 0 Å². The molecule has 1 amide bonds. The highest BCUT2D eigenvalue weighted by molar-refractivity contribution is 8.25. The average molecular weight is 533 g/mol. The molecule has 0 aliphatic carbocycles. The lowest BCUT2D eigenvalue weighted by Crippen LogP contribution is -2.49. The number of amides is 1. The third-order valence-electron chi connectivity index (χ3n) is 6.71. The van der Waals surface area contributed by atoms with Crippen molar-refractivity contribution in [2.45, 2.75) is 71.1 Å². The summed E-state index contributed by atoms with van der Waals surface area (Å²) in [7, 11) is -2.92. The zero-order valence-electron chi connectivity index (χ0n) is 22.3. The first kappa shape index (κ1) is 29.3. The van der Waals surface area contributed by atoms with Gasteiger partial charge in [-0.05, 0) is 63.3 Å². The van der Waals surface area contributed by atoms with Crippen LogP contribution in [0, 0.1) is 0 Å². The van der Waals surface area contributed by atoms with E-state index in [1.54, 1.807) is 16.4 Å². The highest BCUT2D eigenvalue weighted by Gasteiger charge is 2.28. The van der Waals surface area contributed by atoms with E-state index in [-0.39, 0.29) is 11.9 Å². The maximum absolute atomic E-state index is 13.5. The van der Waals surface area contributed by atoms with E-state index in [2.05, 4.69) is 29.8 Å². The Hall–Kier alpha value is -2.30. The van der Waals surface area contributed by atoms with Crippen LogP contribution in [0.3, 0.4) is 0 Å². The lowest BCUT2D eigenvalue weighted by atomic mass is 10.00. The van der Waals surface area contributed by atoms with E-state index in [0.717, 1.165) is 36.9 Å². The van der Waals surface area contributed by atoms with Crippen LogP contribution in [0.4, 0.5) is 11.4 Å². The second kappa shape index (κ2) is 14.0. The SMILES string of the molecule is CCCC(C)NC[C@H](O)[C@H](Cc1ccccc1)NC(=O)c1cc(NCC)cc(N2CCCCS2(O)O)c1. The summed E-state index contributed by atoms with van der Waals surface area (Å²) in [4.78, 5) is 13.5. The van der Waals surface area contributed by atoms with Crippen molar-refractivity contribution in [2.24, 2.45) is 0 Å². The molecule has 3 rings (SSSR count). The number of carbonyl (C=O) groups is 1. The molecule has 37 heavy (non-hydrogen) atoms. The summed E-state index contributed by atoms with van der Waals surface area (Å²) in [6.45, 7) is 7.76. The fraction of sp³-hybridized carbons (Fsp3) is 0.536. The van der Waals surface area contributed by atoms with E-state index >= 15 is 0 Å². The van der Waals surface area contributed by atoms with E-state index in [0.29, 0.717) is 43.1 Å². The number of nitrogens with one attached hydrogen (secondary N) is 3. The van der Waals surface area contributed by atoms with Crippen LogP contribution in [0.2, 0.25) is 0 Å². The Kier molecular flexibility index (Phi) is 11.1. The minimum Gasteiger partial charge on any atom is -0.390 e. The van der Waals surface area contributed by atoms with E-state index in [9.17, 15) is 19.0 Å². The number of hydrogen-bond acceptors (Lipinski definition) is 7. The first-order valence-corrected chi connectivity index (χ1v) is 15.1. The van der Waals surface area contributed by atoms with Crippen LogP contribution in [0.1, 0.15) is 62.4 Å². The van der Waals surface area contributed by atoms with Crippen LogP contribution < -0.4 is 20.3 Å². The zero-order chi connectivity index (χ0) is 26.8. The summed E-state index contributed by atoms with van der Waals surface area (Å²) >= 11 is 0. The fourth-order valence-corrected chi connectivity index (χ4v) is 6.38. The standard InChI is InChI=1S/C28H44N4O4S/c1-4-11-21(3)30-20-27(33)26(16-22-12-7-6-8-13-22)31-28(34)23-17-24(29-5-2)19-25(18-23)32-14-9-10-15-37(32,35)36/h6-8,12-13,17-19,21,26-27,29-30,33,35-36H,4-5,9-11,14-16,20H2,1-3H3,(H,31,34)/t21?,26-,27-/m0/s1. The van der Waals surface area contributed by atoms with E-state index in [4.69, 9.17) is 0 Å². The fourth-order valence-electron chi connectivity index (χ4n) is 4.70. The molecule has 1 aliphatic heterocycles. The van der Waals surface area contributed by atoms with Crippen LogP contribution in [0.25, 0.3) is 0 Å². The minimum absolute atomic E-state index is 0.274. The summed E-state index contributed by atoms with van der Waals surface area (Å²) < 4.78 is 23.0. The molecule has 1 heterocycles. The second-order valence-electron chi connectivity index (χ2n) is 9.88. The maximum Gasteiger partial charge on any atom is 0.251 e. The molecule has 2 aromatic carbocycles. The van der Waals surface area contributed by atoms with Crippen molar-refractivity contribution in [2.75, 3.05) is 35.0 Å². The molecule has 0 saturated carbocycles. The normalized spacial score (nSPS) is 18.5. The monoisotopic (exact) mass is 532 g/mol. The van der Waals surface area contributed by atoms with E-state index in [1.165, 1.54) is 0 Å². The molecule has 8 nitrogen and oxygen atoms in total. The minimum atomic E-state index is -2.92. The van der Waals surface area contributed by atoms with Crippen molar-refractivity contribution in [1.82, 2.24) is 10.6 Å². The number of benzene rings is 2. The molecule has 1 saturated heterocycles. The molecule has 0 bridgehead atoms. The summed E-state index contributed by atoms with van der Waals surface area (Å²) in [6, 6.07) is 14.9. The van der Waals surface area contributed by atoms with Crippen molar-refractivity contribution in [3.05, 3.63) is 59.7 Å². The smallest absolute Gasteiger partial charge is 0.251 e. The van der Waals surface area contributed by atoms with E-state index < -0.39 is 22.9 Å². The summed E-state index contributed by atoms with van der Waals surface area (Å²) in [5.41, 5.74) is 2.78. The Bertz CT molecular complexity index is 991. The van der Waals surface area contributed by atoms with Crippen molar-refractivity contribution >= 4 is 28.1 Å². The average Bonchev–Trinajstić information content (AvgIpc) is 2.87. The molecule has 3 atom stereocenters. The maximum atomic E-state index is 13.5. The van der Waals surface area contributed by atoms with Gasteiger partial charge in [0.25, 0.3) is 5.91 Å². The number of nitrogens with zero attached hydrogens (tertiary/aromatic N) is 1. The first-order valence-electron chi connectivity index (χ1n) is 13.4. The molecule has 0 aromatic heterocycles. The Morgan fingerprint density at radius 1 is 1.11 bits per heavy atom. The summed E-state index contributed by atoms with van der Waals surface area (Å²) in [5, 5.41) is 20.8. The Morgan fingerprint density at radius 3 is 2.54 bits per heavy atom. The van der Waals surface area contributed by atoms with Gasteiger partial charge < -0.3 is 21.1 Å². The van der Waals surface area contributed by atoms with Gasteiger partial charge in [-0.15, -0.1) is 10.8 Å². The predicted octanol–water partition coefficient (Wildman–Crippen LogP) is 4.86. The van der Waals surface area contributed by atoms with Gasteiger partial charge in [0.05, 0.1) is 23.6 Å². The molecular formula is C28H44N4O4S. The number of anilines is 2. The lowest BCUT2D eigenvalue weighted by molar-refractivity contribution is 0.0825. The Balaban J connectivity index is 1.84. The van der Waals surface area contributed by atoms with E-state index in [1.807, 2.05) is 43.3 Å². The Labute approximate surface area is 223 Å². The topological polar surface area (TPSA) is 117 Å². The van der Waals surface area contributed by atoms with Gasteiger partial charge in [0.15, 0.2) is 0 Å².